The van der Waals surface area contributed by atoms with Gasteiger partial charge < -0.3 is 0 Å². The first-order valence-electron chi connectivity index (χ1n) is 18.8. The van der Waals surface area contributed by atoms with Gasteiger partial charge in [0.1, 0.15) is 0 Å². The standard InChI is InChI=1S/C42H66N2.Ni/c1-3-5-7-8-9-10-11-12-13-14-15-16-17-18-19-20-21-22-23-24-25-32-38-42(44-40-35-30-27-31-36-40)41(37-6-4-2)43-39-33-28-26-29-34-39;/h26-36,38H,3-25,37H2,1-2H3;. The van der Waals surface area contributed by atoms with Crippen LogP contribution in [0.5, 0.6) is 0 Å². The van der Waals surface area contributed by atoms with Crippen LogP contribution in [0.4, 0.5) is 11.4 Å². The molecule has 0 atom stereocenters. The normalized spacial score (nSPS) is 12.1. The minimum atomic E-state index is 0. The van der Waals surface area contributed by atoms with Gasteiger partial charge in [0, 0.05) is 16.5 Å². The molecule has 0 heterocycles. The van der Waals surface area contributed by atoms with Gasteiger partial charge in [0.25, 0.3) is 0 Å². The molecular formula is C42H66N2Ni. The zero-order valence-corrected chi connectivity index (χ0v) is 30.1. The quantitative estimate of drug-likeness (QED) is 0.0494. The van der Waals surface area contributed by atoms with Crippen LogP contribution in [-0.2, 0) is 16.5 Å². The third kappa shape index (κ3) is 23.1. The summed E-state index contributed by atoms with van der Waals surface area (Å²) in [6, 6.07) is 20.6. The second kappa shape index (κ2) is 30.7. The van der Waals surface area contributed by atoms with Crippen molar-refractivity contribution in [2.45, 2.75) is 168 Å². The van der Waals surface area contributed by atoms with E-state index in [0.29, 0.717) is 0 Å². The molecule has 0 fully saturated rings. The van der Waals surface area contributed by atoms with E-state index in [4.69, 9.17) is 9.98 Å². The molecule has 0 aliphatic heterocycles. The predicted molar refractivity (Wildman–Crippen MR) is 198 cm³/mol. The molecule has 0 spiro atoms. The van der Waals surface area contributed by atoms with E-state index in [1.807, 2.05) is 12.1 Å². The van der Waals surface area contributed by atoms with Crippen molar-refractivity contribution in [3.05, 3.63) is 72.8 Å². The van der Waals surface area contributed by atoms with Gasteiger partial charge in [-0.05, 0) is 56.0 Å². The zero-order chi connectivity index (χ0) is 31.2. The number of unbranched alkanes of at least 4 members (excludes halogenated alkanes) is 21. The summed E-state index contributed by atoms with van der Waals surface area (Å²) in [5, 5.41) is 0. The summed E-state index contributed by atoms with van der Waals surface area (Å²) in [7, 11) is 0. The van der Waals surface area contributed by atoms with E-state index in [2.05, 4.69) is 74.5 Å². The number of rotatable bonds is 28. The molecule has 0 aliphatic rings. The molecule has 0 saturated heterocycles. The van der Waals surface area contributed by atoms with E-state index in [1.165, 1.54) is 128 Å². The van der Waals surface area contributed by atoms with Crippen LogP contribution in [0.1, 0.15) is 168 Å². The van der Waals surface area contributed by atoms with Crippen molar-refractivity contribution >= 4 is 22.8 Å². The maximum atomic E-state index is 5.03. The molecule has 2 aromatic rings. The molecule has 2 aromatic carbocycles. The summed E-state index contributed by atoms with van der Waals surface area (Å²) in [4.78, 5) is 10.1. The molecular weight excluding hydrogens is 591 g/mol. The Labute approximate surface area is 289 Å². The Hall–Kier alpha value is -1.99. The van der Waals surface area contributed by atoms with Gasteiger partial charge in [0.05, 0.1) is 22.8 Å². The molecule has 0 N–H and O–H groups in total. The first-order valence-corrected chi connectivity index (χ1v) is 18.8. The molecule has 0 aliphatic carbocycles. The van der Waals surface area contributed by atoms with Crippen LogP contribution in [0.15, 0.2) is 82.8 Å². The van der Waals surface area contributed by atoms with E-state index in [9.17, 15) is 0 Å². The van der Waals surface area contributed by atoms with Gasteiger partial charge in [0.15, 0.2) is 0 Å². The topological polar surface area (TPSA) is 24.7 Å². The SMILES string of the molecule is CCCCCCCCCCCCCCCCCCCCCCC=CC(=Nc1ccccc1)C(CCCC)=Nc1ccccc1.[Ni]. The number of benzene rings is 2. The molecule has 0 bridgehead atoms. The van der Waals surface area contributed by atoms with Crippen LogP contribution in [0.3, 0.4) is 0 Å². The molecule has 0 radical (unpaired) electrons. The Kier molecular flexibility index (Phi) is 28.0. The number of para-hydroxylation sites is 2. The summed E-state index contributed by atoms with van der Waals surface area (Å²) < 4.78 is 0. The Morgan fingerprint density at radius 2 is 0.844 bits per heavy atom. The molecule has 254 valence electrons. The number of hydrogen-bond donors (Lipinski definition) is 0. The van der Waals surface area contributed by atoms with Crippen LogP contribution in [-0.4, -0.2) is 11.4 Å². The number of hydrogen-bond acceptors (Lipinski definition) is 2. The number of aliphatic imine (C=N–C) groups is 2. The fraction of sp³-hybridized carbons (Fsp3) is 0.619. The van der Waals surface area contributed by atoms with Gasteiger partial charge in [-0.3, -0.25) is 4.99 Å². The van der Waals surface area contributed by atoms with E-state index in [0.717, 1.165) is 48.5 Å². The molecule has 0 unspecified atom stereocenters. The van der Waals surface area contributed by atoms with Crippen molar-refractivity contribution < 1.29 is 16.5 Å². The minimum absolute atomic E-state index is 0. The Morgan fingerprint density at radius 1 is 0.467 bits per heavy atom. The average Bonchev–Trinajstić information content (AvgIpc) is 3.06. The largest absolute Gasteiger partial charge is 0.251 e. The van der Waals surface area contributed by atoms with Crippen LogP contribution in [0.25, 0.3) is 0 Å². The smallest absolute Gasteiger partial charge is 0.0848 e. The van der Waals surface area contributed by atoms with Gasteiger partial charge in [-0.15, -0.1) is 0 Å². The zero-order valence-electron chi connectivity index (χ0n) is 29.1. The Bertz CT molecular complexity index is 996. The summed E-state index contributed by atoms with van der Waals surface area (Å²) in [5.74, 6) is 0. The van der Waals surface area contributed by atoms with Gasteiger partial charge in [0.2, 0.25) is 0 Å². The third-order valence-electron chi connectivity index (χ3n) is 8.59. The first kappa shape index (κ1) is 41.0. The second-order valence-corrected chi connectivity index (χ2v) is 12.7. The van der Waals surface area contributed by atoms with E-state index >= 15 is 0 Å². The Morgan fingerprint density at radius 3 is 1.27 bits per heavy atom. The van der Waals surface area contributed by atoms with E-state index < -0.39 is 0 Å². The van der Waals surface area contributed by atoms with Crippen LogP contribution in [0, 0.1) is 0 Å². The Balaban J connectivity index is 0.0000101. The van der Waals surface area contributed by atoms with E-state index in [1.54, 1.807) is 0 Å². The van der Waals surface area contributed by atoms with E-state index in [-0.39, 0.29) is 16.5 Å². The van der Waals surface area contributed by atoms with Crippen molar-refractivity contribution in [2.24, 2.45) is 9.98 Å². The van der Waals surface area contributed by atoms with Crippen molar-refractivity contribution in [1.29, 1.82) is 0 Å². The van der Waals surface area contributed by atoms with Crippen LogP contribution in [0.2, 0.25) is 0 Å². The van der Waals surface area contributed by atoms with Crippen molar-refractivity contribution in [3.63, 3.8) is 0 Å². The predicted octanol–water partition coefficient (Wildman–Crippen LogP) is 14.5. The minimum Gasteiger partial charge on any atom is -0.251 e. The summed E-state index contributed by atoms with van der Waals surface area (Å²) in [6.45, 7) is 4.54. The van der Waals surface area contributed by atoms with Gasteiger partial charge in [-0.2, -0.15) is 0 Å². The summed E-state index contributed by atoms with van der Waals surface area (Å²) >= 11 is 0. The third-order valence-corrected chi connectivity index (χ3v) is 8.59. The molecule has 2 nitrogen and oxygen atoms in total. The molecule has 0 amide bonds. The average molecular weight is 658 g/mol. The second-order valence-electron chi connectivity index (χ2n) is 12.7. The van der Waals surface area contributed by atoms with Crippen molar-refractivity contribution in [1.82, 2.24) is 0 Å². The number of allylic oxidation sites excluding steroid dienone is 2. The van der Waals surface area contributed by atoms with Gasteiger partial charge >= 0.3 is 0 Å². The fourth-order valence-electron chi connectivity index (χ4n) is 5.80. The molecule has 0 saturated carbocycles. The van der Waals surface area contributed by atoms with Gasteiger partial charge in [-0.25, -0.2) is 4.99 Å². The van der Waals surface area contributed by atoms with Crippen LogP contribution < -0.4 is 0 Å². The van der Waals surface area contributed by atoms with Crippen LogP contribution >= 0.6 is 0 Å². The molecule has 2 rings (SSSR count). The molecule has 0 aromatic heterocycles. The summed E-state index contributed by atoms with van der Waals surface area (Å²) in [5.41, 5.74) is 4.08. The monoisotopic (exact) mass is 656 g/mol. The maximum absolute atomic E-state index is 5.03. The molecule has 45 heavy (non-hydrogen) atoms. The maximum Gasteiger partial charge on any atom is 0.0848 e. The van der Waals surface area contributed by atoms with Gasteiger partial charge in [-0.1, -0.05) is 185 Å². The first-order chi connectivity index (χ1) is 21.8. The molecule has 3 heteroatoms. The summed E-state index contributed by atoms with van der Waals surface area (Å²) in [6.07, 6.45) is 37.4. The number of nitrogens with zero attached hydrogens (tertiary/aromatic N) is 2. The van der Waals surface area contributed by atoms with Crippen molar-refractivity contribution in [2.75, 3.05) is 0 Å². The van der Waals surface area contributed by atoms with Crippen molar-refractivity contribution in [3.8, 4) is 0 Å². The fourth-order valence-corrected chi connectivity index (χ4v) is 5.80.